The highest BCUT2D eigenvalue weighted by Crippen LogP contribution is 2.38. The lowest BCUT2D eigenvalue weighted by atomic mass is 9.85. The van der Waals surface area contributed by atoms with Crippen molar-refractivity contribution in [3.05, 3.63) is 75.2 Å². The van der Waals surface area contributed by atoms with Crippen LogP contribution in [0.5, 0.6) is 5.75 Å². The standard InChI is InChI=1S/C27H32N2O4S2/c1-6-22-16-29(35(31,32)26-14-28-12-11-23(26)33-22)15-21-13-20(8-7-18(21)4)27(17(2)3)25-10-9-24(34-25)19(5)30/h7-14,17,22,27H,6,15-16H2,1-5H3/t22-,27?/m1/s1. The smallest absolute Gasteiger partial charge is 0.248 e. The Bertz CT molecular complexity index is 1330. The van der Waals surface area contributed by atoms with Crippen LogP contribution in [0, 0.1) is 12.8 Å². The molecule has 0 N–H and O–H groups in total. The zero-order chi connectivity index (χ0) is 25.3. The van der Waals surface area contributed by atoms with Gasteiger partial charge in [-0.25, -0.2) is 8.42 Å². The minimum atomic E-state index is -3.77. The summed E-state index contributed by atoms with van der Waals surface area (Å²) in [5.74, 6) is 0.854. The van der Waals surface area contributed by atoms with E-state index in [9.17, 15) is 13.2 Å². The van der Waals surface area contributed by atoms with Gasteiger partial charge in [-0.2, -0.15) is 4.31 Å². The number of ether oxygens (including phenoxy) is 1. The minimum absolute atomic E-state index is 0.0715. The molecule has 1 aliphatic heterocycles. The highest BCUT2D eigenvalue weighted by atomic mass is 32.2. The van der Waals surface area contributed by atoms with Crippen LogP contribution in [0.3, 0.4) is 0 Å². The summed E-state index contributed by atoms with van der Waals surface area (Å²) in [7, 11) is -3.77. The maximum absolute atomic E-state index is 13.6. The molecule has 3 heterocycles. The summed E-state index contributed by atoms with van der Waals surface area (Å²) in [5, 5.41) is 0. The molecule has 0 spiro atoms. The first-order valence-electron chi connectivity index (χ1n) is 11.9. The number of thiophene rings is 1. The summed E-state index contributed by atoms with van der Waals surface area (Å²) in [4.78, 5) is 17.9. The molecule has 1 aliphatic rings. The Morgan fingerprint density at radius 3 is 2.66 bits per heavy atom. The summed E-state index contributed by atoms with van der Waals surface area (Å²) < 4.78 is 34.7. The van der Waals surface area contributed by atoms with E-state index in [0.717, 1.165) is 26.4 Å². The molecule has 0 fully saturated rings. The predicted octanol–water partition coefficient (Wildman–Crippen LogP) is 5.80. The van der Waals surface area contributed by atoms with E-state index in [2.05, 4.69) is 37.0 Å². The number of carbonyl (C=O) groups is 1. The number of pyridine rings is 1. The van der Waals surface area contributed by atoms with Crippen molar-refractivity contribution in [1.29, 1.82) is 0 Å². The summed E-state index contributed by atoms with van der Waals surface area (Å²) in [6, 6.07) is 11.9. The number of carbonyl (C=O) groups excluding carboxylic acids is 1. The van der Waals surface area contributed by atoms with Gasteiger partial charge in [-0.15, -0.1) is 11.3 Å². The molecular weight excluding hydrogens is 480 g/mol. The first-order chi connectivity index (χ1) is 16.6. The fraction of sp³-hybridized carbons (Fsp3) is 0.407. The van der Waals surface area contributed by atoms with Gasteiger partial charge >= 0.3 is 0 Å². The molecule has 35 heavy (non-hydrogen) atoms. The number of fused-ring (bicyclic) bond motifs is 1. The Labute approximate surface area is 212 Å². The molecule has 0 radical (unpaired) electrons. The Hall–Kier alpha value is -2.55. The molecule has 0 bridgehead atoms. The highest BCUT2D eigenvalue weighted by molar-refractivity contribution is 7.89. The number of aryl methyl sites for hydroxylation is 1. The van der Waals surface area contributed by atoms with Gasteiger partial charge in [-0.3, -0.25) is 9.78 Å². The molecule has 2 atom stereocenters. The molecule has 6 nitrogen and oxygen atoms in total. The van der Waals surface area contributed by atoms with Crippen molar-refractivity contribution in [3.63, 3.8) is 0 Å². The molecule has 8 heteroatoms. The van der Waals surface area contributed by atoms with Gasteiger partial charge in [0.05, 0.1) is 17.6 Å². The maximum Gasteiger partial charge on any atom is 0.248 e. The molecule has 1 unspecified atom stereocenters. The van der Waals surface area contributed by atoms with Crippen LogP contribution in [-0.2, 0) is 16.6 Å². The minimum Gasteiger partial charge on any atom is -0.488 e. The zero-order valence-corrected chi connectivity index (χ0v) is 22.4. The predicted molar refractivity (Wildman–Crippen MR) is 139 cm³/mol. The number of hydrogen-bond donors (Lipinski definition) is 0. The third kappa shape index (κ3) is 5.20. The Kier molecular flexibility index (Phi) is 7.45. The zero-order valence-electron chi connectivity index (χ0n) is 20.8. The molecular formula is C27H32N2O4S2. The summed E-state index contributed by atoms with van der Waals surface area (Å²) in [6.07, 6.45) is 3.38. The Morgan fingerprint density at radius 1 is 1.23 bits per heavy atom. The average molecular weight is 513 g/mol. The average Bonchev–Trinajstić information content (AvgIpc) is 3.26. The summed E-state index contributed by atoms with van der Waals surface area (Å²) >= 11 is 1.54. The van der Waals surface area contributed by atoms with Crippen molar-refractivity contribution in [3.8, 4) is 5.75 Å². The summed E-state index contributed by atoms with van der Waals surface area (Å²) in [5.41, 5.74) is 3.11. The Morgan fingerprint density at radius 2 is 2.00 bits per heavy atom. The van der Waals surface area contributed by atoms with Gasteiger partial charge in [0.2, 0.25) is 10.0 Å². The number of benzene rings is 1. The van der Waals surface area contributed by atoms with Crippen LogP contribution in [0.2, 0.25) is 0 Å². The van der Waals surface area contributed by atoms with Crippen molar-refractivity contribution >= 4 is 27.1 Å². The molecule has 2 aromatic heterocycles. The van der Waals surface area contributed by atoms with Gasteiger partial charge in [-0.05, 0) is 61.1 Å². The van der Waals surface area contributed by atoms with E-state index in [4.69, 9.17) is 4.74 Å². The van der Waals surface area contributed by atoms with Crippen LogP contribution < -0.4 is 4.74 Å². The quantitative estimate of drug-likeness (QED) is 0.374. The summed E-state index contributed by atoms with van der Waals surface area (Å²) in [6.45, 7) is 10.5. The maximum atomic E-state index is 13.6. The fourth-order valence-corrected chi connectivity index (χ4v) is 7.25. The fourth-order valence-electron chi connectivity index (χ4n) is 4.53. The number of nitrogens with zero attached hydrogens (tertiary/aromatic N) is 2. The largest absolute Gasteiger partial charge is 0.488 e. The van der Waals surface area contributed by atoms with Crippen molar-refractivity contribution in [2.45, 2.75) is 64.5 Å². The van der Waals surface area contributed by atoms with E-state index in [1.807, 2.05) is 26.0 Å². The lowest BCUT2D eigenvalue weighted by Gasteiger charge is -2.25. The third-order valence-electron chi connectivity index (χ3n) is 6.55. The first-order valence-corrected chi connectivity index (χ1v) is 14.2. The second-order valence-corrected chi connectivity index (χ2v) is 12.5. The lowest BCUT2D eigenvalue weighted by Crippen LogP contribution is -2.36. The van der Waals surface area contributed by atoms with Gasteiger partial charge in [-0.1, -0.05) is 39.0 Å². The SMILES string of the molecule is CC[C@@H]1CN(Cc2cc(C(c3ccc(C(C)=O)s3)C(C)C)ccc2C)S(=O)(=O)c2cnccc2O1. The van der Waals surface area contributed by atoms with E-state index in [1.54, 1.807) is 19.2 Å². The normalized spacial score (nSPS) is 18.5. The second-order valence-electron chi connectivity index (χ2n) is 9.43. The van der Waals surface area contributed by atoms with Crippen molar-refractivity contribution < 1.29 is 17.9 Å². The van der Waals surface area contributed by atoms with Gasteiger partial charge in [0, 0.05) is 23.5 Å². The van der Waals surface area contributed by atoms with Crippen molar-refractivity contribution in [2.24, 2.45) is 5.92 Å². The molecule has 4 rings (SSSR count). The molecule has 0 amide bonds. The molecule has 0 saturated heterocycles. The first kappa shape index (κ1) is 25.5. The van der Waals surface area contributed by atoms with Crippen molar-refractivity contribution in [2.75, 3.05) is 6.54 Å². The van der Waals surface area contributed by atoms with E-state index >= 15 is 0 Å². The van der Waals surface area contributed by atoms with Crippen LogP contribution in [-0.4, -0.2) is 36.1 Å². The number of ketones is 1. The topological polar surface area (TPSA) is 76.6 Å². The molecule has 1 aromatic carbocycles. The van der Waals surface area contributed by atoms with Gasteiger partial charge in [0.25, 0.3) is 0 Å². The van der Waals surface area contributed by atoms with Gasteiger partial charge in [0.1, 0.15) is 16.7 Å². The molecule has 3 aromatic rings. The van der Waals surface area contributed by atoms with E-state index < -0.39 is 10.0 Å². The van der Waals surface area contributed by atoms with E-state index in [1.165, 1.54) is 21.8 Å². The van der Waals surface area contributed by atoms with E-state index in [-0.39, 0.29) is 35.8 Å². The Balaban J connectivity index is 1.72. The molecule has 0 aliphatic carbocycles. The lowest BCUT2D eigenvalue weighted by molar-refractivity contribution is 0.102. The van der Waals surface area contributed by atoms with Crippen LogP contribution in [0.15, 0.2) is 53.7 Å². The number of hydrogen-bond acceptors (Lipinski definition) is 6. The highest BCUT2D eigenvalue weighted by Gasteiger charge is 2.35. The third-order valence-corrected chi connectivity index (χ3v) is 9.64. The van der Waals surface area contributed by atoms with Crippen molar-refractivity contribution in [1.82, 2.24) is 9.29 Å². The van der Waals surface area contributed by atoms with Gasteiger partial charge < -0.3 is 4.74 Å². The van der Waals surface area contributed by atoms with Crippen LogP contribution in [0.4, 0.5) is 0 Å². The molecule has 0 saturated carbocycles. The number of sulfonamides is 1. The van der Waals surface area contributed by atoms with Crippen LogP contribution in [0.1, 0.15) is 71.3 Å². The van der Waals surface area contributed by atoms with Crippen LogP contribution >= 0.6 is 11.3 Å². The van der Waals surface area contributed by atoms with Crippen LogP contribution in [0.25, 0.3) is 0 Å². The molecule has 186 valence electrons. The monoisotopic (exact) mass is 512 g/mol. The number of rotatable bonds is 7. The number of Topliss-reactive ketones (excluding diaryl/α,β-unsaturated/α-hetero) is 1. The van der Waals surface area contributed by atoms with E-state index in [0.29, 0.717) is 18.1 Å². The van der Waals surface area contributed by atoms with Gasteiger partial charge in [0.15, 0.2) is 5.78 Å². The number of aromatic nitrogens is 1. The second kappa shape index (κ2) is 10.2.